The number of Topliss-reactive ketones (excluding diaryl/α,β-unsaturated/α-hetero) is 2. The van der Waals surface area contributed by atoms with Crippen LogP contribution in [0.3, 0.4) is 0 Å². The quantitative estimate of drug-likeness (QED) is 0.0152. The summed E-state index contributed by atoms with van der Waals surface area (Å²) in [4.78, 5) is 145. The van der Waals surface area contributed by atoms with Gasteiger partial charge in [-0.15, -0.1) is 0 Å². The molecular weight excluding hydrogens is 1640 g/mol. The lowest BCUT2D eigenvalue weighted by Crippen LogP contribution is -2.57. The number of ketones is 6. The number of carbonyl (C=O) groups excluding carboxylic acids is 9. The van der Waals surface area contributed by atoms with Gasteiger partial charge in [-0.05, 0) is 69.9 Å². The first-order valence-corrected chi connectivity index (χ1v) is 39.9. The summed E-state index contributed by atoms with van der Waals surface area (Å²) in [6.07, 6.45) is -8.71. The number of aryl methyl sites for hydroxylation is 1. The number of hydrogen-bond acceptors (Lipinski definition) is 36. The molecule has 123 heavy (non-hydrogen) atoms. The summed E-state index contributed by atoms with van der Waals surface area (Å²) in [6.45, 7) is 6.82. The van der Waals surface area contributed by atoms with E-state index in [4.69, 9.17) is 57.0 Å². The van der Waals surface area contributed by atoms with Crippen LogP contribution in [0.2, 0.25) is 0 Å². The van der Waals surface area contributed by atoms with E-state index in [-0.39, 0.29) is 137 Å². The first-order chi connectivity index (χ1) is 58.2. The highest BCUT2D eigenvalue weighted by Gasteiger charge is 2.56. The molecule has 654 valence electrons. The molecule has 8 aliphatic rings. The zero-order valence-electron chi connectivity index (χ0n) is 67.2. The number of phenols is 4. The van der Waals surface area contributed by atoms with Gasteiger partial charge in [0, 0.05) is 104 Å². The molecule has 9 N–H and O–H groups in total. The van der Waals surface area contributed by atoms with Crippen LogP contribution >= 0.6 is 0 Å². The van der Waals surface area contributed by atoms with Gasteiger partial charge in [-0.3, -0.25) is 52.9 Å². The Morgan fingerprint density at radius 2 is 1.24 bits per heavy atom. The van der Waals surface area contributed by atoms with Crippen LogP contribution in [0.4, 0.5) is 21.4 Å². The van der Waals surface area contributed by atoms with E-state index >= 15 is 0 Å². The third-order valence-corrected chi connectivity index (χ3v) is 24.4. The normalized spacial score (nSPS) is 24.8. The Kier molecular flexibility index (Phi) is 25.3. The molecule has 6 heterocycles. The van der Waals surface area contributed by atoms with Crippen molar-refractivity contribution >= 4 is 75.1 Å². The molecule has 2 aromatic heterocycles. The predicted molar refractivity (Wildman–Crippen MR) is 415 cm³/mol. The van der Waals surface area contributed by atoms with Gasteiger partial charge < -0.3 is 108 Å². The van der Waals surface area contributed by atoms with E-state index in [1.54, 1.807) is 32.9 Å². The van der Waals surface area contributed by atoms with E-state index in [9.17, 15) is 108 Å². The Labute approximate surface area is 698 Å². The van der Waals surface area contributed by atoms with E-state index in [2.05, 4.69) is 9.88 Å². The minimum atomic E-state index is -4.02. The summed E-state index contributed by atoms with van der Waals surface area (Å²) < 4.78 is 87.1. The fraction of sp³-hybridized carbons (Fsp3) is 0.432. The van der Waals surface area contributed by atoms with E-state index in [1.165, 1.54) is 105 Å². The Morgan fingerprint density at radius 3 is 1.73 bits per heavy atom. The van der Waals surface area contributed by atoms with Gasteiger partial charge in [-0.1, -0.05) is 46.9 Å². The minimum absolute atomic E-state index is 0.0147. The molecule has 4 fully saturated rings. The SMILES string of the molecule is COc1cccc2c1C(=O)c1c(O)c3c(c(O)c1C2=O)C[C@@](O)(C(C)=O)C[C@@H]3O[C@@H]1CC2C(OC3CN(C(=O)OCc4cnc([N+](=O)[O-])n4C)CCN32)[C@H](C)O1.COc1cccc2c1C(=O)c1c(O)c3c(c(O)c1C2=O)C[C@@](O)(C(C)=O)C[C@@H]3O[C@H]1CC(N)C(O)[C@H](C)O1.Cc1ccc(S(=O)(=O)OCCN(CC=O)C(=O)OCc2ccc([N+](=O)[O-])o2)cc1. The largest absolute Gasteiger partial charge is 0.507 e. The Hall–Kier alpha value is -12.1. The molecule has 5 aromatic carbocycles. The number of aldehydes is 1. The summed E-state index contributed by atoms with van der Waals surface area (Å²) in [6, 6.07) is 16.3. The van der Waals surface area contributed by atoms with Crippen LogP contribution in [-0.4, -0.2) is 251 Å². The van der Waals surface area contributed by atoms with Crippen LogP contribution in [0.15, 0.2) is 88.3 Å². The van der Waals surface area contributed by atoms with Crippen LogP contribution in [0.1, 0.15) is 169 Å². The standard InChI is InChI=1S/C37H39N5O14.C27H29NO10.C17H18N2O9S/c1-16-34-21(41-9-8-40(14-24(41)56-34)36(48)53-15-18-13-38-35(39(18)3)42(50)51)10-25(54-16)55-23-12-37(49,17(2)43)11-20-27(23)33(47)29-28(31(20)45)30(44)19-6-5-7-22(52-4)26(19)32(29)46;1-10-22(30)14(28)7-17(37-10)38-16-9-27(35,11(2)29)8-13-19(16)26(34)21-20(24(13)32)23(31)12-5-4-6-15(36-3)18(12)25(21)33;1-13-2-5-15(6-3-13)29(24,25)27-11-9-18(8-10-20)17(21)26-12-14-4-7-16(28-14)19(22)23/h5-7,13,16,21,23-25,34,45,47,49H,8-12,14-15H2,1-4H3;4-6,10,14,16-17,22,30,32,34-35H,7-9,28H2,1-3H3;2-7,10H,8-9,11-12H2,1H3/t16-,21?,23-,24?,25+,34?,37-;10-,14?,16-,17-,22?,27-;/m00./s1. The first kappa shape index (κ1) is 88.7. The van der Waals surface area contributed by atoms with Crippen LogP contribution in [-0.2, 0) is 94.9 Å². The number of nitro groups is 2. The number of nitrogens with zero attached hydrogens (tertiary/aromatic N) is 7. The average molecular weight is 1730 g/mol. The molecule has 0 radical (unpaired) electrons. The number of ether oxygens (including phenoxy) is 9. The van der Waals surface area contributed by atoms with Gasteiger partial charge in [0.1, 0.15) is 81.2 Å². The second kappa shape index (κ2) is 35.0. The molecular formula is C81H86N8O33S. The lowest BCUT2D eigenvalue weighted by atomic mass is 9.72. The van der Waals surface area contributed by atoms with Gasteiger partial charge in [0.25, 0.3) is 10.1 Å². The summed E-state index contributed by atoms with van der Waals surface area (Å²) >= 11 is 0. The van der Waals surface area contributed by atoms with Crippen LogP contribution in [0.5, 0.6) is 34.5 Å². The fourth-order valence-electron chi connectivity index (χ4n) is 16.5. The number of carbonyl (C=O) groups is 9. The molecule has 4 aliphatic heterocycles. The van der Waals surface area contributed by atoms with Crippen molar-refractivity contribution < 1.29 is 148 Å². The second-order valence-corrected chi connectivity index (χ2v) is 32.2. The van der Waals surface area contributed by atoms with E-state index < -0.39 is 217 Å². The summed E-state index contributed by atoms with van der Waals surface area (Å²) in [7, 11) is 0.113. The van der Waals surface area contributed by atoms with Crippen LogP contribution in [0.25, 0.3) is 0 Å². The lowest BCUT2D eigenvalue weighted by Gasteiger charge is -2.43. The number of aromatic nitrogens is 2. The molecule has 13 atom stereocenters. The van der Waals surface area contributed by atoms with Crippen molar-refractivity contribution in [2.45, 2.75) is 170 Å². The van der Waals surface area contributed by atoms with Crippen molar-refractivity contribution in [2.24, 2.45) is 12.8 Å². The summed E-state index contributed by atoms with van der Waals surface area (Å²) in [5, 5.41) is 101. The highest BCUT2D eigenvalue weighted by Crippen LogP contribution is 2.56. The van der Waals surface area contributed by atoms with Gasteiger partial charge in [-0.25, -0.2) is 14.2 Å². The Bertz CT molecular complexity index is 5560. The first-order valence-electron chi connectivity index (χ1n) is 38.5. The molecule has 42 heteroatoms. The number of piperazine rings is 1. The van der Waals surface area contributed by atoms with Crippen LogP contribution < -0.4 is 15.2 Å². The second-order valence-electron chi connectivity index (χ2n) is 30.6. The zero-order chi connectivity index (χ0) is 89.1. The van der Waals surface area contributed by atoms with E-state index in [0.29, 0.717) is 18.5 Å². The van der Waals surface area contributed by atoms with Gasteiger partial charge in [0.05, 0.1) is 116 Å². The molecule has 4 aliphatic carbocycles. The Balaban J connectivity index is 0.000000169. The number of nitrogens with two attached hydrogens (primary N) is 1. The number of rotatable bonds is 21. The number of aromatic hydroxyl groups is 4. The number of benzene rings is 5. The summed E-state index contributed by atoms with van der Waals surface area (Å²) in [5.74, 6) is -7.30. The van der Waals surface area contributed by atoms with Crippen molar-refractivity contribution in [2.75, 3.05) is 53.6 Å². The smallest absolute Gasteiger partial charge is 0.434 e. The molecule has 5 unspecified atom stereocenters. The fourth-order valence-corrected chi connectivity index (χ4v) is 17.4. The van der Waals surface area contributed by atoms with Gasteiger partial charge in [0.15, 0.2) is 54.6 Å². The van der Waals surface area contributed by atoms with Gasteiger partial charge in [0.2, 0.25) is 11.6 Å². The zero-order valence-corrected chi connectivity index (χ0v) is 68.0. The minimum Gasteiger partial charge on any atom is -0.507 e. The van der Waals surface area contributed by atoms with Gasteiger partial charge >= 0.3 is 24.0 Å². The van der Waals surface area contributed by atoms with Crippen molar-refractivity contribution in [1.82, 2.24) is 24.3 Å². The van der Waals surface area contributed by atoms with Crippen LogP contribution in [0, 0.1) is 27.2 Å². The maximum Gasteiger partial charge on any atom is 0.434 e. The number of aliphatic hydroxyl groups excluding tert-OH is 1. The molecule has 7 aromatic rings. The van der Waals surface area contributed by atoms with Crippen molar-refractivity contribution in [3.8, 4) is 34.5 Å². The average Bonchev–Trinajstić information content (AvgIpc) is 1.36. The number of furan rings is 1. The molecule has 4 saturated heterocycles. The maximum atomic E-state index is 14.0. The number of phenolic OH excluding ortho intramolecular Hbond substituents is 4. The molecule has 2 amide bonds. The molecule has 0 bridgehead atoms. The van der Waals surface area contributed by atoms with E-state index in [0.717, 1.165) is 16.5 Å². The number of amides is 2. The monoisotopic (exact) mass is 1730 g/mol. The number of methoxy groups -OCH3 is 2. The molecule has 15 rings (SSSR count). The third kappa shape index (κ3) is 16.9. The number of hydrogen-bond donors (Lipinski definition) is 8. The topological polar surface area (TPSA) is 575 Å². The van der Waals surface area contributed by atoms with Crippen molar-refractivity contribution in [3.05, 3.63) is 183 Å². The van der Waals surface area contributed by atoms with Crippen molar-refractivity contribution in [1.29, 1.82) is 0 Å². The highest BCUT2D eigenvalue weighted by molar-refractivity contribution is 7.86. The molecule has 0 saturated carbocycles. The third-order valence-electron chi connectivity index (χ3n) is 23.1. The van der Waals surface area contributed by atoms with Crippen molar-refractivity contribution in [3.63, 3.8) is 0 Å². The highest BCUT2D eigenvalue weighted by atomic mass is 32.2. The summed E-state index contributed by atoms with van der Waals surface area (Å²) in [5.41, 5.74) is 1.02. The lowest BCUT2D eigenvalue weighted by molar-refractivity contribution is -0.402. The predicted octanol–water partition coefficient (Wildman–Crippen LogP) is 5.10. The number of imidazole rings is 1. The Morgan fingerprint density at radius 1 is 0.699 bits per heavy atom. The maximum absolute atomic E-state index is 14.0. The molecule has 41 nitrogen and oxygen atoms in total. The number of fused-ring (bicyclic) bond motifs is 9. The van der Waals surface area contributed by atoms with Gasteiger partial charge in [-0.2, -0.15) is 8.42 Å². The van der Waals surface area contributed by atoms with E-state index in [1.807, 2.05) is 0 Å². The molecule has 0 spiro atoms. The number of aliphatic hydroxyl groups is 3.